The van der Waals surface area contributed by atoms with Crippen LogP contribution in [-0.2, 0) is 14.4 Å². The molecule has 0 radical (unpaired) electrons. The summed E-state index contributed by atoms with van der Waals surface area (Å²) in [5, 5.41) is 2.60. The van der Waals surface area contributed by atoms with Crippen LogP contribution in [0.25, 0.3) is 0 Å². The first kappa shape index (κ1) is 18.8. The van der Waals surface area contributed by atoms with Crippen molar-refractivity contribution in [3.05, 3.63) is 24.3 Å². The maximum Gasteiger partial charge on any atom is 0.288 e. The number of amides is 3. The lowest BCUT2D eigenvalue weighted by molar-refractivity contribution is -0.144. The van der Waals surface area contributed by atoms with Gasteiger partial charge in [0.25, 0.3) is 5.76 Å². The fraction of sp³-hybridized carbons (Fsp3) is 0.500. The van der Waals surface area contributed by atoms with Gasteiger partial charge in [0.2, 0.25) is 17.7 Å². The number of hydrogen-bond acceptors (Lipinski definition) is 4. The molecule has 1 aromatic carbocycles. The van der Waals surface area contributed by atoms with Gasteiger partial charge in [0, 0.05) is 17.0 Å². The van der Waals surface area contributed by atoms with Crippen molar-refractivity contribution >= 4 is 35.2 Å². The first-order valence-corrected chi connectivity index (χ1v) is 9.47. The summed E-state index contributed by atoms with van der Waals surface area (Å²) in [6.07, 6.45) is 4.55. The van der Waals surface area contributed by atoms with Crippen molar-refractivity contribution in [3.8, 4) is 0 Å². The summed E-state index contributed by atoms with van der Waals surface area (Å²) in [7, 11) is 0. The molecule has 8 heteroatoms. The summed E-state index contributed by atoms with van der Waals surface area (Å²) in [6, 6.07) is 5.99. The minimum Gasteiger partial charge on any atom is -0.325 e. The molecule has 2 aliphatic rings. The Hall–Kier alpha value is -1.96. The number of hydrogen-bond donors (Lipinski definition) is 1. The van der Waals surface area contributed by atoms with E-state index in [1.807, 2.05) is 0 Å². The fourth-order valence-corrected chi connectivity index (χ4v) is 4.20. The molecule has 140 valence electrons. The van der Waals surface area contributed by atoms with Crippen molar-refractivity contribution in [1.29, 1.82) is 0 Å². The molecule has 0 aromatic heterocycles. The Morgan fingerprint density at radius 3 is 2.42 bits per heavy atom. The largest absolute Gasteiger partial charge is 0.325 e. The quantitative estimate of drug-likeness (QED) is 0.624. The van der Waals surface area contributed by atoms with Gasteiger partial charge in [0.05, 0.1) is 5.41 Å². The van der Waals surface area contributed by atoms with E-state index in [0.29, 0.717) is 35.2 Å². The van der Waals surface area contributed by atoms with Crippen LogP contribution in [0.1, 0.15) is 38.5 Å². The number of likely N-dealkylation sites (tertiary alicyclic amines) is 1. The highest BCUT2D eigenvalue weighted by Gasteiger charge is 2.51. The van der Waals surface area contributed by atoms with Crippen molar-refractivity contribution in [2.45, 2.75) is 49.2 Å². The average Bonchev–Trinajstić information content (AvgIpc) is 2.81. The number of benzene rings is 1. The maximum absolute atomic E-state index is 12.7. The third-order valence-corrected chi connectivity index (χ3v) is 5.69. The Kier molecular flexibility index (Phi) is 5.60. The normalized spacial score (nSPS) is 19.4. The Morgan fingerprint density at radius 1 is 1.15 bits per heavy atom. The Labute approximate surface area is 154 Å². The highest BCUT2D eigenvalue weighted by molar-refractivity contribution is 7.99. The van der Waals surface area contributed by atoms with Crippen LogP contribution in [-0.4, -0.2) is 34.9 Å². The second-order valence-electron chi connectivity index (χ2n) is 6.75. The molecular weight excluding hydrogens is 362 g/mol. The van der Waals surface area contributed by atoms with E-state index in [2.05, 4.69) is 5.32 Å². The SMILES string of the molecule is O=C(CN1C(=O)CC2(CCCCC2)C1=O)Nc1ccc(SC(F)F)cc1. The number of imide groups is 1. The predicted molar refractivity (Wildman–Crippen MR) is 93.8 cm³/mol. The van der Waals surface area contributed by atoms with E-state index in [1.165, 1.54) is 24.3 Å². The highest BCUT2D eigenvalue weighted by atomic mass is 32.2. The van der Waals surface area contributed by atoms with Crippen LogP contribution in [0.15, 0.2) is 29.2 Å². The van der Waals surface area contributed by atoms with E-state index in [0.717, 1.165) is 24.2 Å². The summed E-state index contributed by atoms with van der Waals surface area (Å²) < 4.78 is 24.6. The number of carbonyl (C=O) groups is 3. The van der Waals surface area contributed by atoms with Crippen LogP contribution < -0.4 is 5.32 Å². The van der Waals surface area contributed by atoms with Crippen molar-refractivity contribution in [2.24, 2.45) is 5.41 Å². The van der Waals surface area contributed by atoms with Crippen LogP contribution in [0.5, 0.6) is 0 Å². The molecule has 1 spiro atoms. The van der Waals surface area contributed by atoms with E-state index in [4.69, 9.17) is 0 Å². The summed E-state index contributed by atoms with van der Waals surface area (Å²) in [6.45, 7) is -0.313. The van der Waals surface area contributed by atoms with Crippen LogP contribution in [0.2, 0.25) is 0 Å². The zero-order chi connectivity index (χ0) is 18.7. The summed E-state index contributed by atoms with van der Waals surface area (Å²) in [5.74, 6) is -3.51. The van der Waals surface area contributed by atoms with Gasteiger partial charge >= 0.3 is 0 Å². The zero-order valence-electron chi connectivity index (χ0n) is 14.2. The highest BCUT2D eigenvalue weighted by Crippen LogP contribution is 2.45. The molecule has 1 aliphatic heterocycles. The topological polar surface area (TPSA) is 66.5 Å². The number of carbonyl (C=O) groups excluding carboxylic acids is 3. The molecule has 0 bridgehead atoms. The molecular formula is C18H20F2N2O3S. The number of anilines is 1. The summed E-state index contributed by atoms with van der Waals surface area (Å²) >= 11 is 0.422. The molecule has 1 heterocycles. The molecule has 26 heavy (non-hydrogen) atoms. The Balaban J connectivity index is 1.59. The molecule has 1 aromatic rings. The lowest BCUT2D eigenvalue weighted by Gasteiger charge is -2.30. The fourth-order valence-electron chi connectivity index (χ4n) is 3.70. The van der Waals surface area contributed by atoms with E-state index < -0.39 is 17.1 Å². The first-order chi connectivity index (χ1) is 12.4. The van der Waals surface area contributed by atoms with Crippen LogP contribution >= 0.6 is 11.8 Å². The standard InChI is InChI=1S/C18H20F2N2O3S/c19-17(20)26-13-6-4-12(5-7-13)21-14(23)11-22-15(24)10-18(16(22)25)8-2-1-3-9-18/h4-7,17H,1-3,8-11H2,(H,21,23). The average molecular weight is 382 g/mol. The van der Waals surface area contributed by atoms with Crippen molar-refractivity contribution in [2.75, 3.05) is 11.9 Å². The van der Waals surface area contributed by atoms with E-state index >= 15 is 0 Å². The maximum atomic E-state index is 12.7. The second-order valence-corrected chi connectivity index (χ2v) is 7.82. The minimum atomic E-state index is -2.50. The number of alkyl halides is 2. The minimum absolute atomic E-state index is 0.193. The third-order valence-electron chi connectivity index (χ3n) is 4.97. The lowest BCUT2D eigenvalue weighted by Crippen LogP contribution is -2.41. The molecule has 3 amide bonds. The van der Waals surface area contributed by atoms with Crippen LogP contribution in [0, 0.1) is 5.41 Å². The molecule has 0 unspecified atom stereocenters. The monoisotopic (exact) mass is 382 g/mol. The third kappa shape index (κ3) is 4.06. The van der Waals surface area contributed by atoms with Crippen molar-refractivity contribution < 1.29 is 23.2 Å². The van der Waals surface area contributed by atoms with Gasteiger partial charge in [0.1, 0.15) is 6.54 Å². The van der Waals surface area contributed by atoms with Crippen LogP contribution in [0.3, 0.4) is 0 Å². The van der Waals surface area contributed by atoms with Crippen molar-refractivity contribution in [1.82, 2.24) is 4.90 Å². The summed E-state index contributed by atoms with van der Waals surface area (Å²) in [5.41, 5.74) is -0.177. The van der Waals surface area contributed by atoms with Gasteiger partial charge in [-0.25, -0.2) is 0 Å². The molecule has 1 saturated heterocycles. The molecule has 1 N–H and O–H groups in total. The zero-order valence-corrected chi connectivity index (χ0v) is 15.0. The van der Waals surface area contributed by atoms with Crippen LogP contribution in [0.4, 0.5) is 14.5 Å². The Morgan fingerprint density at radius 2 is 1.81 bits per heavy atom. The van der Waals surface area contributed by atoms with E-state index in [9.17, 15) is 23.2 Å². The number of nitrogens with zero attached hydrogens (tertiary/aromatic N) is 1. The molecule has 0 atom stereocenters. The Bertz CT molecular complexity index is 703. The number of halogens is 2. The predicted octanol–water partition coefficient (Wildman–Crippen LogP) is 3.65. The lowest BCUT2D eigenvalue weighted by atomic mass is 9.73. The smallest absolute Gasteiger partial charge is 0.288 e. The summed E-state index contributed by atoms with van der Waals surface area (Å²) in [4.78, 5) is 38.6. The van der Waals surface area contributed by atoms with Gasteiger partial charge in [-0.05, 0) is 37.1 Å². The number of rotatable bonds is 5. The van der Waals surface area contributed by atoms with Gasteiger partial charge in [-0.15, -0.1) is 0 Å². The first-order valence-electron chi connectivity index (χ1n) is 8.59. The number of nitrogens with one attached hydrogen (secondary N) is 1. The van der Waals surface area contributed by atoms with Gasteiger partial charge in [0.15, 0.2) is 0 Å². The van der Waals surface area contributed by atoms with Gasteiger partial charge in [-0.3, -0.25) is 19.3 Å². The van der Waals surface area contributed by atoms with Gasteiger partial charge < -0.3 is 5.32 Å². The number of thioether (sulfide) groups is 1. The molecule has 1 aliphatic carbocycles. The second kappa shape index (κ2) is 7.73. The molecule has 2 fully saturated rings. The van der Waals surface area contributed by atoms with Gasteiger partial charge in [-0.1, -0.05) is 31.0 Å². The molecule has 5 nitrogen and oxygen atoms in total. The van der Waals surface area contributed by atoms with Crippen molar-refractivity contribution in [3.63, 3.8) is 0 Å². The van der Waals surface area contributed by atoms with E-state index in [1.54, 1.807) is 0 Å². The molecule has 1 saturated carbocycles. The molecule has 3 rings (SSSR count). The van der Waals surface area contributed by atoms with E-state index in [-0.39, 0.29) is 24.8 Å². The van der Waals surface area contributed by atoms with Gasteiger partial charge in [-0.2, -0.15) is 8.78 Å².